The molecule has 18 heavy (non-hydrogen) atoms. The fraction of sp³-hybridized carbons (Fsp3) is 0.533. The fourth-order valence-corrected chi connectivity index (χ4v) is 2.51. The van der Waals surface area contributed by atoms with Crippen molar-refractivity contribution in [1.82, 2.24) is 4.90 Å². The second-order valence-electron chi connectivity index (χ2n) is 5.45. The highest BCUT2D eigenvalue weighted by Crippen LogP contribution is 2.34. The van der Waals surface area contributed by atoms with E-state index in [0.717, 1.165) is 25.1 Å². The van der Waals surface area contributed by atoms with Crippen molar-refractivity contribution >= 4 is 11.5 Å². The van der Waals surface area contributed by atoms with Crippen LogP contribution >= 0.6 is 0 Å². The first-order chi connectivity index (χ1) is 8.74. The minimum atomic E-state index is 0.314. The molecule has 2 heterocycles. The van der Waals surface area contributed by atoms with Crippen molar-refractivity contribution in [1.29, 1.82) is 0 Å². The summed E-state index contributed by atoms with van der Waals surface area (Å²) in [7, 11) is 0. The van der Waals surface area contributed by atoms with Gasteiger partial charge in [-0.2, -0.15) is 0 Å². The zero-order valence-corrected chi connectivity index (χ0v) is 10.8. The lowest BCUT2D eigenvalue weighted by Gasteiger charge is -2.29. The molecule has 1 aromatic rings. The maximum atomic E-state index is 12.1. The molecule has 1 aliphatic carbocycles. The van der Waals surface area contributed by atoms with Gasteiger partial charge >= 0.3 is 0 Å². The van der Waals surface area contributed by atoms with Gasteiger partial charge in [-0.3, -0.25) is 4.79 Å². The zero-order chi connectivity index (χ0) is 12.5. The second kappa shape index (κ2) is 4.63. The van der Waals surface area contributed by atoms with Gasteiger partial charge in [0.1, 0.15) is 5.76 Å². The minimum Gasteiger partial charge on any atom is -0.465 e. The molecule has 0 saturated heterocycles. The van der Waals surface area contributed by atoms with Gasteiger partial charge in [0.05, 0.1) is 6.26 Å². The van der Waals surface area contributed by atoms with E-state index in [-0.39, 0.29) is 0 Å². The Bertz CT molecular complexity index is 469. The SMILES string of the molecule is CC1=C(c2ccco2)CN(C(=O)CC2CC2)CC1. The van der Waals surface area contributed by atoms with Crippen molar-refractivity contribution in [3.8, 4) is 0 Å². The van der Waals surface area contributed by atoms with Crippen molar-refractivity contribution in [2.45, 2.75) is 32.6 Å². The summed E-state index contributed by atoms with van der Waals surface area (Å²) in [5, 5.41) is 0. The standard InChI is InChI=1S/C15H19NO2/c1-11-6-7-16(15(17)9-12-4-5-12)10-13(11)14-3-2-8-18-14/h2-3,8,12H,4-7,9-10H2,1H3. The number of rotatable bonds is 3. The van der Waals surface area contributed by atoms with Crippen molar-refractivity contribution < 1.29 is 9.21 Å². The molecule has 3 heteroatoms. The van der Waals surface area contributed by atoms with Gasteiger partial charge in [0.15, 0.2) is 0 Å². The van der Waals surface area contributed by atoms with Crippen molar-refractivity contribution in [2.75, 3.05) is 13.1 Å². The average Bonchev–Trinajstić information content (AvgIpc) is 3.01. The van der Waals surface area contributed by atoms with Gasteiger partial charge in [-0.1, -0.05) is 5.57 Å². The molecule has 1 aromatic heterocycles. The normalized spacial score (nSPS) is 20.4. The monoisotopic (exact) mass is 245 g/mol. The van der Waals surface area contributed by atoms with E-state index in [1.165, 1.54) is 24.0 Å². The summed E-state index contributed by atoms with van der Waals surface area (Å²) < 4.78 is 5.47. The molecule has 1 aliphatic heterocycles. The van der Waals surface area contributed by atoms with E-state index in [2.05, 4.69) is 6.92 Å². The lowest BCUT2D eigenvalue weighted by molar-refractivity contribution is -0.131. The Morgan fingerprint density at radius 1 is 1.50 bits per heavy atom. The lowest BCUT2D eigenvalue weighted by Crippen LogP contribution is -2.36. The van der Waals surface area contributed by atoms with Crippen LogP contribution < -0.4 is 0 Å². The van der Waals surface area contributed by atoms with Gasteiger partial charge < -0.3 is 9.32 Å². The molecule has 0 bridgehead atoms. The van der Waals surface area contributed by atoms with Gasteiger partial charge in [-0.15, -0.1) is 0 Å². The van der Waals surface area contributed by atoms with E-state index in [9.17, 15) is 4.79 Å². The Balaban J connectivity index is 1.72. The topological polar surface area (TPSA) is 33.5 Å². The number of furan rings is 1. The van der Waals surface area contributed by atoms with E-state index in [1.54, 1.807) is 6.26 Å². The summed E-state index contributed by atoms with van der Waals surface area (Å²) in [4.78, 5) is 14.1. The van der Waals surface area contributed by atoms with Crippen molar-refractivity contribution in [2.24, 2.45) is 5.92 Å². The maximum absolute atomic E-state index is 12.1. The highest BCUT2D eigenvalue weighted by atomic mass is 16.3. The molecule has 1 amide bonds. The first-order valence-corrected chi connectivity index (χ1v) is 6.74. The molecule has 0 unspecified atom stereocenters. The summed E-state index contributed by atoms with van der Waals surface area (Å²) in [6.45, 7) is 3.72. The van der Waals surface area contributed by atoms with Crippen molar-refractivity contribution in [3.63, 3.8) is 0 Å². The van der Waals surface area contributed by atoms with Gasteiger partial charge in [-0.25, -0.2) is 0 Å². The minimum absolute atomic E-state index is 0.314. The van der Waals surface area contributed by atoms with Crippen LogP contribution in [0.4, 0.5) is 0 Å². The van der Waals surface area contributed by atoms with E-state index < -0.39 is 0 Å². The molecule has 3 rings (SSSR count). The number of nitrogens with zero attached hydrogens (tertiary/aromatic N) is 1. The van der Waals surface area contributed by atoms with Crippen LogP contribution in [0.2, 0.25) is 0 Å². The molecular weight excluding hydrogens is 226 g/mol. The summed E-state index contributed by atoms with van der Waals surface area (Å²) in [5.74, 6) is 1.89. The predicted molar refractivity (Wildman–Crippen MR) is 69.8 cm³/mol. The molecule has 96 valence electrons. The van der Waals surface area contributed by atoms with Gasteiger partial charge in [0.25, 0.3) is 0 Å². The van der Waals surface area contributed by atoms with E-state index in [1.807, 2.05) is 17.0 Å². The summed E-state index contributed by atoms with van der Waals surface area (Å²) in [5.41, 5.74) is 2.54. The molecule has 0 spiro atoms. The molecule has 1 fully saturated rings. The smallest absolute Gasteiger partial charge is 0.223 e. The third-order valence-corrected chi connectivity index (χ3v) is 3.95. The second-order valence-corrected chi connectivity index (χ2v) is 5.45. The van der Waals surface area contributed by atoms with Crippen LogP contribution in [0, 0.1) is 5.92 Å². The number of amides is 1. The Morgan fingerprint density at radius 3 is 3.00 bits per heavy atom. The Kier molecular flexibility index (Phi) is 2.98. The van der Waals surface area contributed by atoms with E-state index in [4.69, 9.17) is 4.42 Å². The number of carbonyl (C=O) groups excluding carboxylic acids is 1. The van der Waals surface area contributed by atoms with Crippen molar-refractivity contribution in [3.05, 3.63) is 29.7 Å². The molecule has 2 aliphatic rings. The number of hydrogen-bond donors (Lipinski definition) is 0. The number of hydrogen-bond acceptors (Lipinski definition) is 2. The third kappa shape index (κ3) is 2.35. The fourth-order valence-electron chi connectivity index (χ4n) is 2.51. The molecule has 3 nitrogen and oxygen atoms in total. The van der Waals surface area contributed by atoms with E-state index >= 15 is 0 Å². The molecular formula is C15H19NO2. The van der Waals surface area contributed by atoms with Gasteiger partial charge in [-0.05, 0) is 44.2 Å². The number of carbonyl (C=O) groups is 1. The average molecular weight is 245 g/mol. The molecule has 0 atom stereocenters. The largest absolute Gasteiger partial charge is 0.465 e. The summed E-state index contributed by atoms with van der Waals surface area (Å²) in [6.07, 6.45) is 5.87. The molecule has 0 N–H and O–H groups in total. The summed E-state index contributed by atoms with van der Waals surface area (Å²) >= 11 is 0. The summed E-state index contributed by atoms with van der Waals surface area (Å²) in [6, 6.07) is 3.88. The van der Waals surface area contributed by atoms with Gasteiger partial charge in [0.2, 0.25) is 5.91 Å². The highest BCUT2D eigenvalue weighted by Gasteiger charge is 2.29. The quantitative estimate of drug-likeness (QED) is 0.820. The van der Waals surface area contributed by atoms with Crippen LogP contribution in [0.5, 0.6) is 0 Å². The van der Waals surface area contributed by atoms with Crippen LogP contribution in [0.1, 0.15) is 38.4 Å². The van der Waals surface area contributed by atoms with Crippen LogP contribution in [-0.2, 0) is 4.79 Å². The van der Waals surface area contributed by atoms with Crippen LogP contribution in [0.15, 0.2) is 28.4 Å². The first-order valence-electron chi connectivity index (χ1n) is 6.74. The van der Waals surface area contributed by atoms with E-state index in [0.29, 0.717) is 18.4 Å². The molecule has 0 radical (unpaired) electrons. The highest BCUT2D eigenvalue weighted by molar-refractivity contribution is 5.80. The lowest BCUT2D eigenvalue weighted by atomic mass is 9.99. The zero-order valence-electron chi connectivity index (χ0n) is 10.8. The van der Waals surface area contributed by atoms with Gasteiger partial charge in [0, 0.05) is 25.1 Å². The molecule has 1 saturated carbocycles. The third-order valence-electron chi connectivity index (χ3n) is 3.95. The molecule has 0 aromatic carbocycles. The Hall–Kier alpha value is -1.51. The van der Waals surface area contributed by atoms with Crippen LogP contribution in [0.3, 0.4) is 0 Å². The Morgan fingerprint density at radius 2 is 2.33 bits per heavy atom. The maximum Gasteiger partial charge on any atom is 0.223 e. The van der Waals surface area contributed by atoms with Crippen LogP contribution in [0.25, 0.3) is 5.57 Å². The Labute approximate surface area is 107 Å². The van der Waals surface area contributed by atoms with Crippen LogP contribution in [-0.4, -0.2) is 23.9 Å². The predicted octanol–water partition coefficient (Wildman–Crippen LogP) is 3.09. The first kappa shape index (κ1) is 11.6.